The minimum absolute atomic E-state index is 0.223. The minimum atomic E-state index is -1.32. The molecule has 0 amide bonds. The molecular formula is C14H20O5. The number of aryl methyl sites for hydroxylation is 1. The summed E-state index contributed by atoms with van der Waals surface area (Å²) < 4.78 is 15.3. The molecule has 5 heteroatoms. The average Bonchev–Trinajstić information content (AvgIpc) is 2.38. The second-order valence-corrected chi connectivity index (χ2v) is 4.12. The van der Waals surface area contributed by atoms with Crippen molar-refractivity contribution in [1.82, 2.24) is 0 Å². The first-order valence-electron chi connectivity index (χ1n) is 6.04. The van der Waals surface area contributed by atoms with E-state index in [0.29, 0.717) is 22.6 Å². The molecular weight excluding hydrogens is 248 g/mol. The average molecular weight is 268 g/mol. The molecule has 1 rings (SSSR count). The van der Waals surface area contributed by atoms with Gasteiger partial charge in [-0.25, -0.2) is 4.79 Å². The van der Waals surface area contributed by atoms with Crippen molar-refractivity contribution >= 4 is 5.97 Å². The van der Waals surface area contributed by atoms with Crippen molar-refractivity contribution in [1.29, 1.82) is 0 Å². The Bertz CT molecular complexity index is 467. The highest BCUT2D eigenvalue weighted by Crippen LogP contribution is 2.37. The summed E-state index contributed by atoms with van der Waals surface area (Å²) in [7, 11) is 3.05. The zero-order valence-electron chi connectivity index (χ0n) is 11.9. The summed E-state index contributed by atoms with van der Waals surface area (Å²) >= 11 is 0. The van der Waals surface area contributed by atoms with Gasteiger partial charge in [0.2, 0.25) is 0 Å². The summed E-state index contributed by atoms with van der Waals surface area (Å²) in [5.41, 5.74) is 1.91. The number of carbonyl (C=O) groups is 1. The first-order chi connectivity index (χ1) is 8.97. The monoisotopic (exact) mass is 268 g/mol. The molecule has 0 fully saturated rings. The van der Waals surface area contributed by atoms with Crippen LogP contribution in [-0.2, 0) is 9.53 Å². The molecule has 19 heavy (non-hydrogen) atoms. The van der Waals surface area contributed by atoms with Gasteiger partial charge in [0.15, 0.2) is 17.6 Å². The summed E-state index contributed by atoms with van der Waals surface area (Å²) in [4.78, 5) is 11.7. The van der Waals surface area contributed by atoms with Crippen LogP contribution in [0.25, 0.3) is 0 Å². The van der Waals surface area contributed by atoms with Crippen molar-refractivity contribution in [2.24, 2.45) is 0 Å². The molecule has 1 unspecified atom stereocenters. The van der Waals surface area contributed by atoms with Crippen LogP contribution < -0.4 is 9.47 Å². The lowest BCUT2D eigenvalue weighted by Gasteiger charge is -2.19. The van der Waals surface area contributed by atoms with Gasteiger partial charge in [0.25, 0.3) is 0 Å². The first kappa shape index (κ1) is 15.3. The molecule has 0 aromatic heterocycles. The lowest BCUT2D eigenvalue weighted by atomic mass is 9.96. The largest absolute Gasteiger partial charge is 0.493 e. The first-order valence-corrected chi connectivity index (χ1v) is 6.04. The number of hydrogen-bond acceptors (Lipinski definition) is 5. The Hall–Kier alpha value is -1.75. The molecule has 0 aliphatic rings. The smallest absolute Gasteiger partial charge is 0.339 e. The summed E-state index contributed by atoms with van der Waals surface area (Å²) in [6, 6.07) is 1.73. The number of aliphatic hydroxyl groups is 1. The van der Waals surface area contributed by atoms with Gasteiger partial charge >= 0.3 is 5.97 Å². The van der Waals surface area contributed by atoms with Crippen LogP contribution in [0.3, 0.4) is 0 Å². The number of esters is 1. The van der Waals surface area contributed by atoms with Gasteiger partial charge in [-0.3, -0.25) is 0 Å². The summed E-state index contributed by atoms with van der Waals surface area (Å²) in [6.45, 7) is 5.49. The van der Waals surface area contributed by atoms with E-state index in [1.54, 1.807) is 26.8 Å². The Balaban J connectivity index is 3.32. The Morgan fingerprint density at radius 3 is 2.42 bits per heavy atom. The van der Waals surface area contributed by atoms with Crippen LogP contribution in [0.1, 0.15) is 29.7 Å². The van der Waals surface area contributed by atoms with Gasteiger partial charge in [0.05, 0.1) is 20.8 Å². The second-order valence-electron chi connectivity index (χ2n) is 4.12. The van der Waals surface area contributed by atoms with E-state index >= 15 is 0 Å². The SMILES string of the molecule is CCOC(=O)C(O)c1c(C)cc(OC)c(OC)c1C. The standard InChI is InChI=1S/C14H20O5/c1-6-19-14(16)12(15)11-8(2)7-10(17-4)13(18-5)9(11)3/h7,12,15H,6H2,1-5H3. The van der Waals surface area contributed by atoms with Crippen LogP contribution in [0.2, 0.25) is 0 Å². The van der Waals surface area contributed by atoms with E-state index in [9.17, 15) is 9.90 Å². The van der Waals surface area contributed by atoms with E-state index in [0.717, 1.165) is 5.56 Å². The number of carbonyl (C=O) groups excluding carboxylic acids is 1. The highest BCUT2D eigenvalue weighted by molar-refractivity contribution is 5.78. The van der Waals surface area contributed by atoms with E-state index < -0.39 is 12.1 Å². The van der Waals surface area contributed by atoms with Gasteiger partial charge in [0.1, 0.15) is 0 Å². The molecule has 0 aliphatic carbocycles. The van der Waals surface area contributed by atoms with Gasteiger partial charge < -0.3 is 19.3 Å². The minimum Gasteiger partial charge on any atom is -0.493 e. The molecule has 106 valence electrons. The molecule has 1 N–H and O–H groups in total. The molecule has 0 bridgehead atoms. The third kappa shape index (κ3) is 2.98. The third-order valence-corrected chi connectivity index (χ3v) is 2.95. The number of ether oxygens (including phenoxy) is 3. The van der Waals surface area contributed by atoms with E-state index in [4.69, 9.17) is 14.2 Å². The molecule has 0 spiro atoms. The molecule has 5 nitrogen and oxygen atoms in total. The van der Waals surface area contributed by atoms with Crippen LogP contribution in [0.15, 0.2) is 6.07 Å². The number of hydrogen-bond donors (Lipinski definition) is 1. The fraction of sp³-hybridized carbons (Fsp3) is 0.500. The van der Waals surface area contributed by atoms with E-state index in [1.165, 1.54) is 14.2 Å². The van der Waals surface area contributed by atoms with Crippen molar-refractivity contribution < 1.29 is 24.1 Å². The predicted molar refractivity (Wildman–Crippen MR) is 70.6 cm³/mol. The molecule has 1 atom stereocenters. The maximum Gasteiger partial charge on any atom is 0.339 e. The highest BCUT2D eigenvalue weighted by atomic mass is 16.5. The summed E-state index contributed by atoms with van der Waals surface area (Å²) in [6.07, 6.45) is -1.32. The van der Waals surface area contributed by atoms with Gasteiger partial charge in [-0.05, 0) is 32.4 Å². The van der Waals surface area contributed by atoms with Crippen LogP contribution >= 0.6 is 0 Å². The second kappa shape index (κ2) is 6.43. The van der Waals surface area contributed by atoms with E-state index in [2.05, 4.69) is 0 Å². The summed E-state index contributed by atoms with van der Waals surface area (Å²) in [5, 5.41) is 10.1. The number of rotatable bonds is 5. The summed E-state index contributed by atoms with van der Waals surface area (Å²) in [5.74, 6) is 0.407. The fourth-order valence-electron chi connectivity index (χ4n) is 2.11. The Morgan fingerprint density at radius 1 is 1.32 bits per heavy atom. The Morgan fingerprint density at radius 2 is 1.95 bits per heavy atom. The zero-order valence-corrected chi connectivity index (χ0v) is 11.9. The maximum atomic E-state index is 11.7. The molecule has 0 radical (unpaired) electrons. The van der Waals surface area contributed by atoms with Crippen LogP contribution in [0.5, 0.6) is 11.5 Å². The Kier molecular flexibility index (Phi) is 5.18. The highest BCUT2D eigenvalue weighted by Gasteiger charge is 2.26. The molecule has 0 aliphatic heterocycles. The van der Waals surface area contributed by atoms with Crippen molar-refractivity contribution in [3.05, 3.63) is 22.8 Å². The predicted octanol–water partition coefficient (Wildman–Crippen LogP) is 1.92. The number of methoxy groups -OCH3 is 2. The molecule has 0 saturated heterocycles. The lowest BCUT2D eigenvalue weighted by Crippen LogP contribution is -2.18. The topological polar surface area (TPSA) is 65.0 Å². The van der Waals surface area contributed by atoms with Crippen LogP contribution in [0.4, 0.5) is 0 Å². The van der Waals surface area contributed by atoms with Crippen molar-refractivity contribution in [3.8, 4) is 11.5 Å². The Labute approximate surface area is 113 Å². The fourth-order valence-corrected chi connectivity index (χ4v) is 2.11. The molecule has 0 heterocycles. The number of aliphatic hydroxyl groups excluding tert-OH is 1. The van der Waals surface area contributed by atoms with E-state index in [1.807, 2.05) is 0 Å². The van der Waals surface area contributed by atoms with Gasteiger partial charge in [-0.2, -0.15) is 0 Å². The maximum absolute atomic E-state index is 11.7. The quantitative estimate of drug-likeness (QED) is 0.826. The molecule has 1 aromatic rings. The van der Waals surface area contributed by atoms with Crippen LogP contribution in [-0.4, -0.2) is 31.9 Å². The lowest BCUT2D eigenvalue weighted by molar-refractivity contribution is -0.153. The van der Waals surface area contributed by atoms with Crippen molar-refractivity contribution in [2.45, 2.75) is 26.9 Å². The zero-order chi connectivity index (χ0) is 14.6. The van der Waals surface area contributed by atoms with Gasteiger partial charge in [-0.15, -0.1) is 0 Å². The van der Waals surface area contributed by atoms with E-state index in [-0.39, 0.29) is 6.61 Å². The third-order valence-electron chi connectivity index (χ3n) is 2.95. The normalized spacial score (nSPS) is 11.9. The van der Waals surface area contributed by atoms with Crippen LogP contribution in [0, 0.1) is 13.8 Å². The van der Waals surface area contributed by atoms with Crippen molar-refractivity contribution in [2.75, 3.05) is 20.8 Å². The van der Waals surface area contributed by atoms with Crippen molar-refractivity contribution in [3.63, 3.8) is 0 Å². The van der Waals surface area contributed by atoms with Gasteiger partial charge in [-0.1, -0.05) is 0 Å². The molecule has 0 saturated carbocycles. The number of benzene rings is 1. The van der Waals surface area contributed by atoms with Gasteiger partial charge in [0, 0.05) is 11.1 Å². The molecule has 1 aromatic carbocycles.